The molecule has 2 amide bonds. The number of carbonyl (C=O) groups excluding carboxylic acids is 1. The van der Waals surface area contributed by atoms with Crippen molar-refractivity contribution in [1.29, 1.82) is 0 Å². The Morgan fingerprint density at radius 1 is 1.32 bits per heavy atom. The number of nitrogens with one attached hydrogen (secondary N) is 1. The molecule has 0 unspecified atom stereocenters. The molecule has 1 N–H and O–H groups in total. The first-order valence-corrected chi connectivity index (χ1v) is 6.36. The number of methoxy groups -OCH3 is 2. The van der Waals surface area contributed by atoms with Gasteiger partial charge in [0.05, 0.1) is 19.9 Å². The predicted molar refractivity (Wildman–Crippen MR) is 76.1 cm³/mol. The van der Waals surface area contributed by atoms with Crippen LogP contribution >= 0.6 is 0 Å². The number of amides is 2. The van der Waals surface area contributed by atoms with E-state index in [1.54, 1.807) is 44.4 Å². The Morgan fingerprint density at radius 3 is 2.63 bits per heavy atom. The lowest BCUT2D eigenvalue weighted by Gasteiger charge is -2.19. The van der Waals surface area contributed by atoms with Gasteiger partial charge in [-0.05, 0) is 18.6 Å². The van der Waals surface area contributed by atoms with E-state index in [-0.39, 0.29) is 6.03 Å². The monoisotopic (exact) mass is 266 g/mol. The van der Waals surface area contributed by atoms with Crippen molar-refractivity contribution in [3.05, 3.63) is 18.2 Å². The van der Waals surface area contributed by atoms with Crippen LogP contribution in [0.25, 0.3) is 0 Å². The van der Waals surface area contributed by atoms with Gasteiger partial charge in [0.1, 0.15) is 11.5 Å². The molecule has 0 aromatic heterocycles. The summed E-state index contributed by atoms with van der Waals surface area (Å²) in [6.45, 7) is 2.82. The first-order chi connectivity index (χ1) is 9.12. The van der Waals surface area contributed by atoms with Crippen LogP contribution in [0.5, 0.6) is 11.5 Å². The van der Waals surface area contributed by atoms with Crippen molar-refractivity contribution in [1.82, 2.24) is 4.90 Å². The van der Waals surface area contributed by atoms with Gasteiger partial charge < -0.3 is 19.7 Å². The van der Waals surface area contributed by atoms with Crippen molar-refractivity contribution in [3.8, 4) is 11.5 Å². The average Bonchev–Trinajstić information content (AvgIpc) is 2.44. The summed E-state index contributed by atoms with van der Waals surface area (Å²) < 4.78 is 10.4. The maximum atomic E-state index is 12.0. The van der Waals surface area contributed by atoms with Gasteiger partial charge in [0.25, 0.3) is 0 Å². The summed E-state index contributed by atoms with van der Waals surface area (Å²) in [5.41, 5.74) is 0.607. The normalized spacial score (nSPS) is 9.89. The summed E-state index contributed by atoms with van der Waals surface area (Å²) in [6.07, 6.45) is 2.04. The van der Waals surface area contributed by atoms with Crippen molar-refractivity contribution in [2.45, 2.75) is 19.8 Å². The number of ether oxygens (including phenoxy) is 2. The van der Waals surface area contributed by atoms with Gasteiger partial charge in [-0.1, -0.05) is 13.3 Å². The number of rotatable bonds is 6. The number of unbranched alkanes of at least 4 members (excludes halogenated alkanes) is 1. The molecule has 0 fully saturated rings. The lowest BCUT2D eigenvalue weighted by atomic mass is 10.2. The Labute approximate surface area is 114 Å². The van der Waals surface area contributed by atoms with Gasteiger partial charge in [-0.3, -0.25) is 0 Å². The number of carbonyl (C=O) groups is 1. The fraction of sp³-hybridized carbons (Fsp3) is 0.500. The number of anilines is 1. The predicted octanol–water partition coefficient (Wildman–Crippen LogP) is 2.97. The molecule has 1 aromatic carbocycles. The minimum absolute atomic E-state index is 0.153. The molecular formula is C14H22N2O3. The van der Waals surface area contributed by atoms with Gasteiger partial charge in [0.15, 0.2) is 0 Å². The third-order valence-electron chi connectivity index (χ3n) is 2.84. The van der Waals surface area contributed by atoms with Gasteiger partial charge in [0.2, 0.25) is 0 Å². The molecule has 0 spiro atoms. The largest absolute Gasteiger partial charge is 0.497 e. The molecule has 0 saturated carbocycles. The average molecular weight is 266 g/mol. The quantitative estimate of drug-likeness (QED) is 0.861. The SMILES string of the molecule is CCCCN(C)C(=O)Nc1cc(OC)ccc1OC. The Balaban J connectivity index is 2.76. The standard InChI is InChI=1S/C14H22N2O3/c1-5-6-9-16(2)14(17)15-12-10-11(18-3)7-8-13(12)19-4/h7-8,10H,5-6,9H2,1-4H3,(H,15,17). The second kappa shape index (κ2) is 7.51. The first-order valence-electron chi connectivity index (χ1n) is 6.36. The molecule has 0 aliphatic heterocycles. The molecule has 0 aliphatic rings. The number of benzene rings is 1. The van der Waals surface area contributed by atoms with Crippen LogP contribution in [-0.4, -0.2) is 38.7 Å². The molecule has 0 heterocycles. The van der Waals surface area contributed by atoms with Crippen molar-refractivity contribution in [2.75, 3.05) is 33.1 Å². The fourth-order valence-corrected chi connectivity index (χ4v) is 1.62. The molecule has 106 valence electrons. The van der Waals surface area contributed by atoms with Crippen LogP contribution in [0, 0.1) is 0 Å². The molecule has 5 heteroatoms. The van der Waals surface area contributed by atoms with Gasteiger partial charge in [-0.2, -0.15) is 0 Å². The summed E-state index contributed by atoms with van der Waals surface area (Å²) in [4.78, 5) is 13.7. The minimum atomic E-state index is -0.153. The van der Waals surface area contributed by atoms with E-state index in [1.165, 1.54) is 0 Å². The second-order valence-corrected chi connectivity index (χ2v) is 4.27. The van der Waals surface area contributed by atoms with Crippen LogP contribution in [0.3, 0.4) is 0 Å². The smallest absolute Gasteiger partial charge is 0.321 e. The van der Waals surface area contributed by atoms with Crippen molar-refractivity contribution in [2.24, 2.45) is 0 Å². The fourth-order valence-electron chi connectivity index (χ4n) is 1.62. The molecule has 1 aromatic rings. The van der Waals surface area contributed by atoms with Crippen LogP contribution in [0.1, 0.15) is 19.8 Å². The maximum absolute atomic E-state index is 12.0. The zero-order chi connectivity index (χ0) is 14.3. The lowest BCUT2D eigenvalue weighted by Crippen LogP contribution is -2.32. The van der Waals surface area contributed by atoms with Gasteiger partial charge >= 0.3 is 6.03 Å². The van der Waals surface area contributed by atoms with E-state index in [0.717, 1.165) is 19.4 Å². The Morgan fingerprint density at radius 2 is 2.05 bits per heavy atom. The van der Waals surface area contributed by atoms with Crippen LogP contribution < -0.4 is 14.8 Å². The summed E-state index contributed by atoms with van der Waals surface area (Å²) in [5.74, 6) is 1.28. The molecule has 5 nitrogen and oxygen atoms in total. The molecule has 0 atom stereocenters. The molecular weight excluding hydrogens is 244 g/mol. The minimum Gasteiger partial charge on any atom is -0.497 e. The van der Waals surface area contributed by atoms with Crippen LogP contribution in [0.2, 0.25) is 0 Å². The molecule has 0 saturated heterocycles. The summed E-state index contributed by atoms with van der Waals surface area (Å²) in [5, 5.41) is 2.83. The third-order valence-corrected chi connectivity index (χ3v) is 2.84. The number of hydrogen-bond acceptors (Lipinski definition) is 3. The summed E-state index contributed by atoms with van der Waals surface area (Å²) in [6, 6.07) is 5.14. The topological polar surface area (TPSA) is 50.8 Å². The second-order valence-electron chi connectivity index (χ2n) is 4.27. The number of nitrogens with zero attached hydrogens (tertiary/aromatic N) is 1. The van der Waals surface area contributed by atoms with Gasteiger partial charge in [-0.15, -0.1) is 0 Å². The third kappa shape index (κ3) is 4.35. The summed E-state index contributed by atoms with van der Waals surface area (Å²) >= 11 is 0. The highest BCUT2D eigenvalue weighted by Crippen LogP contribution is 2.28. The zero-order valence-electron chi connectivity index (χ0n) is 12.0. The van der Waals surface area contributed by atoms with E-state index in [4.69, 9.17) is 9.47 Å². The summed E-state index contributed by atoms with van der Waals surface area (Å²) in [7, 11) is 4.93. The highest BCUT2D eigenvalue weighted by Gasteiger charge is 2.12. The Bertz CT molecular complexity index is 421. The molecule has 0 radical (unpaired) electrons. The molecule has 19 heavy (non-hydrogen) atoms. The van der Waals surface area contributed by atoms with E-state index in [1.807, 2.05) is 0 Å². The zero-order valence-corrected chi connectivity index (χ0v) is 12.0. The number of urea groups is 1. The first kappa shape index (κ1) is 15.1. The van der Waals surface area contributed by atoms with Gasteiger partial charge in [0, 0.05) is 19.7 Å². The van der Waals surface area contributed by atoms with Crippen LogP contribution in [0.15, 0.2) is 18.2 Å². The van der Waals surface area contributed by atoms with Crippen LogP contribution in [0.4, 0.5) is 10.5 Å². The molecule has 1 rings (SSSR count). The van der Waals surface area contributed by atoms with Crippen LogP contribution in [-0.2, 0) is 0 Å². The maximum Gasteiger partial charge on any atom is 0.321 e. The van der Waals surface area contributed by atoms with Crippen molar-refractivity contribution in [3.63, 3.8) is 0 Å². The Kier molecular flexibility index (Phi) is 5.99. The van der Waals surface area contributed by atoms with Crippen molar-refractivity contribution >= 4 is 11.7 Å². The van der Waals surface area contributed by atoms with Crippen molar-refractivity contribution < 1.29 is 14.3 Å². The highest BCUT2D eigenvalue weighted by atomic mass is 16.5. The van der Waals surface area contributed by atoms with Gasteiger partial charge in [-0.25, -0.2) is 4.79 Å². The van der Waals surface area contributed by atoms with E-state index in [9.17, 15) is 4.79 Å². The van der Waals surface area contributed by atoms with E-state index >= 15 is 0 Å². The Hall–Kier alpha value is -1.91. The van der Waals surface area contributed by atoms with E-state index in [2.05, 4.69) is 12.2 Å². The highest BCUT2D eigenvalue weighted by molar-refractivity contribution is 5.91. The van der Waals surface area contributed by atoms with E-state index in [0.29, 0.717) is 17.2 Å². The molecule has 0 bridgehead atoms. The number of hydrogen-bond donors (Lipinski definition) is 1. The van der Waals surface area contributed by atoms with E-state index < -0.39 is 0 Å². The lowest BCUT2D eigenvalue weighted by molar-refractivity contribution is 0.221. The molecule has 0 aliphatic carbocycles.